The van der Waals surface area contributed by atoms with E-state index < -0.39 is 0 Å². The molecular formula is C18H28INO2. The lowest BCUT2D eigenvalue weighted by Crippen LogP contribution is -2.16. The summed E-state index contributed by atoms with van der Waals surface area (Å²) in [5.74, 6) is 1.72. The van der Waals surface area contributed by atoms with Crippen LogP contribution in [0.25, 0.3) is 0 Å². The lowest BCUT2D eigenvalue weighted by molar-refractivity contribution is 0.207. The Kier molecular flexibility index (Phi) is 7.97. The Bertz CT molecular complexity index is 433. The van der Waals surface area contributed by atoms with E-state index in [9.17, 15) is 0 Å². The monoisotopic (exact) mass is 417 g/mol. The second kappa shape index (κ2) is 9.73. The SMILES string of the molecule is CN(C)CCC(OI)c1cccc(OCC2CCCCC2)c1. The number of hydrogen-bond acceptors (Lipinski definition) is 3. The van der Waals surface area contributed by atoms with Crippen molar-refractivity contribution >= 4 is 23.0 Å². The van der Waals surface area contributed by atoms with Gasteiger partial charge < -0.3 is 12.7 Å². The molecule has 1 saturated carbocycles. The normalized spacial score (nSPS) is 17.6. The molecule has 2 rings (SSSR count). The van der Waals surface area contributed by atoms with Gasteiger partial charge in [0.05, 0.1) is 12.7 Å². The Labute approximate surface area is 149 Å². The van der Waals surface area contributed by atoms with Gasteiger partial charge in [-0.2, -0.15) is 0 Å². The lowest BCUT2D eigenvalue weighted by Gasteiger charge is -2.22. The standard InChI is InChI=1S/C18H28INO2/c1-20(2)12-11-18(22-19)16-9-6-10-17(13-16)21-14-15-7-4-3-5-8-15/h6,9-10,13,15,18H,3-5,7-8,11-12,14H2,1-2H3. The smallest absolute Gasteiger partial charge is 0.119 e. The molecule has 1 aromatic carbocycles. The van der Waals surface area contributed by atoms with Gasteiger partial charge in [0.2, 0.25) is 0 Å². The predicted octanol–water partition coefficient (Wildman–Crippen LogP) is 5.01. The molecule has 1 aromatic rings. The molecule has 0 bridgehead atoms. The van der Waals surface area contributed by atoms with Crippen LogP contribution in [0.5, 0.6) is 5.75 Å². The predicted molar refractivity (Wildman–Crippen MR) is 99.5 cm³/mol. The van der Waals surface area contributed by atoms with Crippen molar-refractivity contribution in [2.45, 2.75) is 44.6 Å². The van der Waals surface area contributed by atoms with Crippen LogP contribution in [0.15, 0.2) is 24.3 Å². The van der Waals surface area contributed by atoms with Crippen LogP contribution in [0, 0.1) is 5.92 Å². The fraction of sp³-hybridized carbons (Fsp3) is 0.667. The summed E-state index contributed by atoms with van der Waals surface area (Å²) in [4.78, 5) is 2.19. The Morgan fingerprint density at radius 3 is 2.68 bits per heavy atom. The van der Waals surface area contributed by atoms with E-state index >= 15 is 0 Å². The summed E-state index contributed by atoms with van der Waals surface area (Å²) in [7, 11) is 4.18. The van der Waals surface area contributed by atoms with Gasteiger partial charge in [0, 0.05) is 6.54 Å². The molecular weight excluding hydrogens is 389 g/mol. The number of nitrogens with zero attached hydrogens (tertiary/aromatic N) is 1. The molecule has 1 fully saturated rings. The Balaban J connectivity index is 1.89. The highest BCUT2D eigenvalue weighted by Crippen LogP contribution is 2.28. The van der Waals surface area contributed by atoms with Crippen LogP contribution in [-0.4, -0.2) is 32.1 Å². The first-order valence-electron chi connectivity index (χ1n) is 8.34. The van der Waals surface area contributed by atoms with Crippen LogP contribution in [0.2, 0.25) is 0 Å². The zero-order valence-corrected chi connectivity index (χ0v) is 15.9. The highest BCUT2D eigenvalue weighted by Gasteiger charge is 2.15. The summed E-state index contributed by atoms with van der Waals surface area (Å²) < 4.78 is 11.7. The Morgan fingerprint density at radius 2 is 2.00 bits per heavy atom. The molecule has 124 valence electrons. The molecule has 0 radical (unpaired) electrons. The summed E-state index contributed by atoms with van der Waals surface area (Å²) in [6, 6.07) is 8.40. The molecule has 22 heavy (non-hydrogen) atoms. The van der Waals surface area contributed by atoms with Crippen molar-refractivity contribution in [2.24, 2.45) is 5.92 Å². The minimum atomic E-state index is 0.126. The van der Waals surface area contributed by atoms with Crippen molar-refractivity contribution in [3.8, 4) is 5.75 Å². The van der Waals surface area contributed by atoms with Gasteiger partial charge in [0.15, 0.2) is 0 Å². The van der Waals surface area contributed by atoms with E-state index in [-0.39, 0.29) is 6.10 Å². The molecule has 1 atom stereocenters. The second-order valence-electron chi connectivity index (χ2n) is 6.56. The van der Waals surface area contributed by atoms with E-state index in [0.29, 0.717) is 0 Å². The molecule has 4 heteroatoms. The minimum absolute atomic E-state index is 0.126. The number of benzene rings is 1. The topological polar surface area (TPSA) is 21.7 Å². The molecule has 0 aliphatic heterocycles. The minimum Gasteiger partial charge on any atom is -0.493 e. The van der Waals surface area contributed by atoms with Crippen molar-refractivity contribution in [3.63, 3.8) is 0 Å². The van der Waals surface area contributed by atoms with Gasteiger partial charge in [-0.25, -0.2) is 0 Å². The van der Waals surface area contributed by atoms with E-state index in [1.165, 1.54) is 37.7 Å². The van der Waals surface area contributed by atoms with Crippen molar-refractivity contribution in [1.82, 2.24) is 4.90 Å². The van der Waals surface area contributed by atoms with Gasteiger partial charge in [0.1, 0.15) is 28.8 Å². The number of hydrogen-bond donors (Lipinski definition) is 0. The van der Waals surface area contributed by atoms with E-state index in [0.717, 1.165) is 31.2 Å². The molecule has 0 heterocycles. The maximum atomic E-state index is 6.04. The molecule has 0 spiro atoms. The highest BCUT2D eigenvalue weighted by atomic mass is 127. The van der Waals surface area contributed by atoms with Crippen molar-refractivity contribution in [3.05, 3.63) is 29.8 Å². The molecule has 0 saturated heterocycles. The van der Waals surface area contributed by atoms with E-state index in [2.05, 4.69) is 43.3 Å². The lowest BCUT2D eigenvalue weighted by atomic mass is 9.90. The first-order chi connectivity index (χ1) is 10.7. The average molecular weight is 417 g/mol. The molecule has 0 aromatic heterocycles. The third kappa shape index (κ3) is 6.05. The van der Waals surface area contributed by atoms with Gasteiger partial charge in [-0.05, 0) is 57.0 Å². The summed E-state index contributed by atoms with van der Waals surface area (Å²) in [6.45, 7) is 1.87. The summed E-state index contributed by atoms with van der Waals surface area (Å²) in [5.41, 5.74) is 1.21. The fourth-order valence-electron chi connectivity index (χ4n) is 3.01. The zero-order valence-electron chi connectivity index (χ0n) is 13.8. The first kappa shape index (κ1) is 18.0. The van der Waals surface area contributed by atoms with Crippen LogP contribution in [0.1, 0.15) is 50.2 Å². The maximum absolute atomic E-state index is 6.04. The summed E-state index contributed by atoms with van der Waals surface area (Å²) >= 11 is 2.01. The highest BCUT2D eigenvalue weighted by molar-refractivity contribution is 14.1. The van der Waals surface area contributed by atoms with E-state index in [4.69, 9.17) is 7.80 Å². The molecule has 0 N–H and O–H groups in total. The van der Waals surface area contributed by atoms with Crippen molar-refractivity contribution in [1.29, 1.82) is 0 Å². The largest absolute Gasteiger partial charge is 0.493 e. The quantitative estimate of drug-likeness (QED) is 0.556. The molecule has 0 amide bonds. The summed E-state index contributed by atoms with van der Waals surface area (Å²) in [6.07, 6.45) is 7.88. The molecule has 1 aliphatic carbocycles. The average Bonchev–Trinajstić information content (AvgIpc) is 2.55. The zero-order chi connectivity index (χ0) is 15.8. The molecule has 1 unspecified atom stereocenters. The number of halogens is 1. The maximum Gasteiger partial charge on any atom is 0.119 e. The van der Waals surface area contributed by atoms with E-state index in [1.807, 2.05) is 23.0 Å². The van der Waals surface area contributed by atoms with Crippen molar-refractivity contribution in [2.75, 3.05) is 27.2 Å². The molecule has 3 nitrogen and oxygen atoms in total. The van der Waals surface area contributed by atoms with Crippen LogP contribution >= 0.6 is 23.0 Å². The van der Waals surface area contributed by atoms with Gasteiger partial charge in [-0.15, -0.1) is 0 Å². The first-order valence-corrected chi connectivity index (χ1v) is 9.22. The van der Waals surface area contributed by atoms with Crippen LogP contribution < -0.4 is 4.74 Å². The van der Waals surface area contributed by atoms with Gasteiger partial charge in [-0.3, -0.25) is 0 Å². The molecule has 1 aliphatic rings. The van der Waals surface area contributed by atoms with Crippen LogP contribution in [0.3, 0.4) is 0 Å². The van der Waals surface area contributed by atoms with Gasteiger partial charge in [0.25, 0.3) is 0 Å². The number of ether oxygens (including phenoxy) is 1. The van der Waals surface area contributed by atoms with E-state index in [1.54, 1.807) is 0 Å². The number of rotatable bonds is 8. The van der Waals surface area contributed by atoms with Gasteiger partial charge in [-0.1, -0.05) is 31.4 Å². The Hall–Kier alpha value is -0.330. The van der Waals surface area contributed by atoms with Crippen LogP contribution in [-0.2, 0) is 3.07 Å². The van der Waals surface area contributed by atoms with Crippen molar-refractivity contribution < 1.29 is 7.80 Å². The third-order valence-electron chi connectivity index (χ3n) is 4.39. The van der Waals surface area contributed by atoms with Gasteiger partial charge >= 0.3 is 0 Å². The summed E-state index contributed by atoms with van der Waals surface area (Å²) in [5, 5.41) is 0. The second-order valence-corrected chi connectivity index (χ2v) is 7.07. The Morgan fingerprint density at radius 1 is 1.23 bits per heavy atom. The van der Waals surface area contributed by atoms with Crippen LogP contribution in [0.4, 0.5) is 0 Å². The third-order valence-corrected chi connectivity index (χ3v) is 5.00. The fourth-order valence-corrected chi connectivity index (χ4v) is 3.56.